The minimum atomic E-state index is -3.24. The lowest BCUT2D eigenvalue weighted by molar-refractivity contribution is 0.0138. The summed E-state index contributed by atoms with van der Waals surface area (Å²) < 4.78 is 55.0. The van der Waals surface area contributed by atoms with Crippen molar-refractivity contribution >= 4 is 0 Å². The molecule has 2 heterocycles. The van der Waals surface area contributed by atoms with E-state index in [-0.39, 0.29) is 0 Å². The summed E-state index contributed by atoms with van der Waals surface area (Å²) in [6, 6.07) is 6.45. The van der Waals surface area contributed by atoms with Crippen LogP contribution in [0.3, 0.4) is 0 Å². The Labute approximate surface area is 135 Å². The normalized spacial score (nSPS) is 11.7. The lowest BCUT2D eigenvalue weighted by atomic mass is 10.0. The number of rotatable bonds is 4. The zero-order valence-corrected chi connectivity index (χ0v) is 12.7. The van der Waals surface area contributed by atoms with E-state index in [1.54, 1.807) is 12.3 Å². The van der Waals surface area contributed by atoms with Crippen LogP contribution >= 0.6 is 0 Å². The zero-order chi connectivity index (χ0) is 17.3. The largest absolute Gasteiger partial charge is 0.273 e. The van der Waals surface area contributed by atoms with Crippen LogP contribution in [0.4, 0.5) is 17.6 Å². The summed E-state index contributed by atoms with van der Waals surface area (Å²) in [6.07, 6.45) is 4.26. The molecule has 0 saturated carbocycles. The summed E-state index contributed by atoms with van der Waals surface area (Å²) in [4.78, 5) is 3.75. The van der Waals surface area contributed by atoms with E-state index >= 15 is 0 Å². The van der Waals surface area contributed by atoms with Gasteiger partial charge < -0.3 is 0 Å². The molecule has 1 aromatic carbocycles. The zero-order valence-electron chi connectivity index (χ0n) is 12.7. The summed E-state index contributed by atoms with van der Waals surface area (Å²) >= 11 is 0. The molecule has 24 heavy (non-hydrogen) atoms. The summed E-state index contributed by atoms with van der Waals surface area (Å²) in [5.41, 5.74) is 0.786. The molecule has 3 nitrogen and oxygen atoms in total. The summed E-state index contributed by atoms with van der Waals surface area (Å²) in [5.74, 6) is -4.67. The van der Waals surface area contributed by atoms with Gasteiger partial charge in [-0.05, 0) is 29.8 Å². The van der Waals surface area contributed by atoms with E-state index < -0.39 is 23.1 Å². The first kappa shape index (κ1) is 16.2. The molecule has 0 bridgehead atoms. The van der Waals surface area contributed by atoms with Crippen molar-refractivity contribution in [1.82, 2.24) is 14.8 Å². The quantitative estimate of drug-likeness (QED) is 0.662. The molecule has 2 aromatic heterocycles. The van der Waals surface area contributed by atoms with Gasteiger partial charge in [0.05, 0.1) is 24.0 Å². The average molecular weight is 335 g/mol. The molecule has 124 valence electrons. The minimum absolute atomic E-state index is 0.290. The second-order valence-corrected chi connectivity index (χ2v) is 5.49. The Balaban J connectivity index is 1.84. The van der Waals surface area contributed by atoms with Crippen molar-refractivity contribution in [3.05, 3.63) is 71.7 Å². The molecule has 0 aliphatic carbocycles. The Morgan fingerprint density at radius 3 is 2.54 bits per heavy atom. The molecule has 0 radical (unpaired) electrons. The highest BCUT2D eigenvalue weighted by Crippen LogP contribution is 2.31. The van der Waals surface area contributed by atoms with E-state index in [1.165, 1.54) is 23.0 Å². The number of aromatic nitrogens is 3. The molecular formula is C17H13F4N3. The second kappa shape index (κ2) is 6.07. The molecule has 0 fully saturated rings. The van der Waals surface area contributed by atoms with E-state index in [2.05, 4.69) is 10.1 Å². The SMILES string of the molecule is CC(F)(F)c1ccc(-c2ccn(Cc3cncc(F)c3)n2)cc1F. The fourth-order valence-corrected chi connectivity index (χ4v) is 2.36. The van der Waals surface area contributed by atoms with Gasteiger partial charge >= 0.3 is 0 Å². The smallest absolute Gasteiger partial charge is 0.268 e. The van der Waals surface area contributed by atoms with Crippen LogP contribution in [0.1, 0.15) is 18.1 Å². The van der Waals surface area contributed by atoms with Crippen molar-refractivity contribution in [3.8, 4) is 11.3 Å². The van der Waals surface area contributed by atoms with Gasteiger partial charge in [0.1, 0.15) is 11.6 Å². The fourth-order valence-electron chi connectivity index (χ4n) is 2.36. The van der Waals surface area contributed by atoms with Gasteiger partial charge in [-0.1, -0.05) is 6.07 Å². The molecule has 3 aromatic rings. The predicted octanol–water partition coefficient (Wildman–Crippen LogP) is 4.38. The number of hydrogen-bond donors (Lipinski definition) is 0. The van der Waals surface area contributed by atoms with Gasteiger partial charge in [0.25, 0.3) is 5.92 Å². The molecule has 3 rings (SSSR count). The molecular weight excluding hydrogens is 322 g/mol. The maximum Gasteiger partial charge on any atom is 0.273 e. The third-order valence-corrected chi connectivity index (χ3v) is 3.48. The summed E-state index contributed by atoms with van der Waals surface area (Å²) in [7, 11) is 0. The molecule has 0 aliphatic heterocycles. The third kappa shape index (κ3) is 3.45. The Kier molecular flexibility index (Phi) is 4.09. The van der Waals surface area contributed by atoms with Crippen LogP contribution in [0.25, 0.3) is 11.3 Å². The third-order valence-electron chi connectivity index (χ3n) is 3.48. The van der Waals surface area contributed by atoms with Crippen LogP contribution in [0.15, 0.2) is 48.9 Å². The van der Waals surface area contributed by atoms with Crippen molar-refractivity contribution in [2.45, 2.75) is 19.4 Å². The Bertz CT molecular complexity index is 868. The number of pyridine rings is 1. The monoisotopic (exact) mass is 335 g/mol. The van der Waals surface area contributed by atoms with E-state index in [1.807, 2.05) is 0 Å². The summed E-state index contributed by atoms with van der Waals surface area (Å²) in [6.45, 7) is 0.936. The highest BCUT2D eigenvalue weighted by molar-refractivity contribution is 5.59. The van der Waals surface area contributed by atoms with Gasteiger partial charge in [-0.15, -0.1) is 0 Å². The van der Waals surface area contributed by atoms with E-state index in [4.69, 9.17) is 0 Å². The number of hydrogen-bond acceptors (Lipinski definition) is 2. The molecule has 0 atom stereocenters. The molecule has 0 N–H and O–H groups in total. The molecule has 0 amide bonds. The van der Waals surface area contributed by atoms with E-state index in [0.29, 0.717) is 30.3 Å². The average Bonchev–Trinajstić information content (AvgIpc) is 2.94. The molecule has 0 saturated heterocycles. The van der Waals surface area contributed by atoms with Gasteiger partial charge in [-0.25, -0.2) is 17.6 Å². The summed E-state index contributed by atoms with van der Waals surface area (Å²) in [5, 5.41) is 4.25. The molecule has 0 aliphatic rings. The highest BCUT2D eigenvalue weighted by atomic mass is 19.3. The van der Waals surface area contributed by atoms with Crippen LogP contribution in [0, 0.1) is 11.6 Å². The molecule has 0 spiro atoms. The molecule has 0 unspecified atom stereocenters. The Morgan fingerprint density at radius 1 is 1.08 bits per heavy atom. The molecule has 7 heteroatoms. The van der Waals surface area contributed by atoms with Crippen LogP contribution < -0.4 is 0 Å². The number of halogens is 4. The first-order valence-corrected chi connectivity index (χ1v) is 7.14. The maximum absolute atomic E-state index is 13.9. The Morgan fingerprint density at radius 2 is 1.88 bits per heavy atom. The topological polar surface area (TPSA) is 30.7 Å². The lowest BCUT2D eigenvalue weighted by Crippen LogP contribution is -2.09. The van der Waals surface area contributed by atoms with Crippen molar-refractivity contribution < 1.29 is 17.6 Å². The van der Waals surface area contributed by atoms with Crippen molar-refractivity contribution in [1.29, 1.82) is 0 Å². The van der Waals surface area contributed by atoms with Crippen LogP contribution in [-0.4, -0.2) is 14.8 Å². The van der Waals surface area contributed by atoms with Gasteiger partial charge in [-0.2, -0.15) is 5.10 Å². The van der Waals surface area contributed by atoms with Crippen molar-refractivity contribution in [2.24, 2.45) is 0 Å². The standard InChI is InChI=1S/C17H13F4N3/c1-17(20,21)14-3-2-12(7-15(14)19)16-4-5-24(23-16)10-11-6-13(18)9-22-8-11/h2-9H,10H2,1H3. The van der Waals surface area contributed by atoms with Crippen molar-refractivity contribution in [2.75, 3.05) is 0 Å². The van der Waals surface area contributed by atoms with E-state index in [0.717, 1.165) is 18.3 Å². The lowest BCUT2D eigenvalue weighted by Gasteiger charge is -2.12. The highest BCUT2D eigenvalue weighted by Gasteiger charge is 2.28. The number of nitrogens with zero attached hydrogens (tertiary/aromatic N) is 3. The van der Waals surface area contributed by atoms with Gasteiger partial charge in [0, 0.05) is 24.9 Å². The Hall–Kier alpha value is -2.70. The maximum atomic E-state index is 13.9. The van der Waals surface area contributed by atoms with Crippen LogP contribution in [-0.2, 0) is 12.5 Å². The van der Waals surface area contributed by atoms with E-state index in [9.17, 15) is 17.6 Å². The fraction of sp³-hybridized carbons (Fsp3) is 0.176. The van der Waals surface area contributed by atoms with Gasteiger partial charge in [0.2, 0.25) is 0 Å². The number of benzene rings is 1. The van der Waals surface area contributed by atoms with Gasteiger partial charge in [-0.3, -0.25) is 9.67 Å². The minimum Gasteiger partial charge on any atom is -0.268 e. The van der Waals surface area contributed by atoms with Gasteiger partial charge in [0.15, 0.2) is 0 Å². The second-order valence-electron chi connectivity index (χ2n) is 5.49. The van der Waals surface area contributed by atoms with Crippen molar-refractivity contribution in [3.63, 3.8) is 0 Å². The first-order valence-electron chi connectivity index (χ1n) is 7.14. The number of alkyl halides is 2. The predicted molar refractivity (Wildman–Crippen MR) is 80.5 cm³/mol. The van der Waals surface area contributed by atoms with Crippen LogP contribution in [0.5, 0.6) is 0 Å². The first-order chi connectivity index (χ1) is 11.3. The van der Waals surface area contributed by atoms with Crippen LogP contribution in [0.2, 0.25) is 0 Å².